The maximum atomic E-state index is 14.3. The van der Waals surface area contributed by atoms with Crippen LogP contribution in [0.1, 0.15) is 33.6 Å². The molecule has 0 aromatic carbocycles. The van der Waals surface area contributed by atoms with Gasteiger partial charge in [-0.25, -0.2) is 17.2 Å². The van der Waals surface area contributed by atoms with E-state index in [1.165, 1.54) is 0 Å². The summed E-state index contributed by atoms with van der Waals surface area (Å²) in [6.07, 6.45) is -1.07. The van der Waals surface area contributed by atoms with Gasteiger partial charge in [0.25, 0.3) is 5.92 Å². The van der Waals surface area contributed by atoms with Gasteiger partial charge in [-0.1, -0.05) is 20.8 Å². The molecule has 1 fully saturated rings. The van der Waals surface area contributed by atoms with E-state index in [1.54, 1.807) is 20.8 Å². The number of alkyl halides is 2. The van der Waals surface area contributed by atoms with E-state index in [1.807, 2.05) is 0 Å². The molecule has 0 aliphatic carbocycles. The largest absolute Gasteiger partial charge is 0.468 e. The number of carbonyl (C=O) groups is 1. The number of methoxy groups -OCH3 is 1. The van der Waals surface area contributed by atoms with Gasteiger partial charge in [-0.05, 0) is 11.8 Å². The summed E-state index contributed by atoms with van der Waals surface area (Å²) in [7, 11) is -2.67. The molecule has 112 valence electrons. The Hall–Kier alpha value is -0.720. The Balaban J connectivity index is 3.37. The zero-order valence-corrected chi connectivity index (χ0v) is 12.4. The highest BCUT2D eigenvalue weighted by molar-refractivity contribution is 7.91. The molecule has 7 heteroatoms. The van der Waals surface area contributed by atoms with Crippen LogP contribution in [0.25, 0.3) is 0 Å². The van der Waals surface area contributed by atoms with Crippen LogP contribution in [0.3, 0.4) is 0 Å². The Morgan fingerprint density at radius 1 is 1.32 bits per heavy atom. The van der Waals surface area contributed by atoms with Gasteiger partial charge in [0.1, 0.15) is 5.41 Å². The first-order chi connectivity index (χ1) is 8.35. The van der Waals surface area contributed by atoms with E-state index in [4.69, 9.17) is 0 Å². The maximum absolute atomic E-state index is 14.3. The molecular weight excluding hydrogens is 278 g/mol. The molecular formula is C12H20F2O4S. The van der Waals surface area contributed by atoms with Crippen molar-refractivity contribution in [1.82, 2.24) is 0 Å². The minimum atomic E-state index is -3.67. The lowest BCUT2D eigenvalue weighted by Gasteiger charge is -2.43. The van der Waals surface area contributed by atoms with Crippen molar-refractivity contribution >= 4 is 15.8 Å². The van der Waals surface area contributed by atoms with Gasteiger partial charge < -0.3 is 4.74 Å². The monoisotopic (exact) mass is 298 g/mol. The second kappa shape index (κ2) is 4.68. The average Bonchev–Trinajstić information content (AvgIpc) is 2.20. The molecule has 0 amide bonds. The molecule has 0 spiro atoms. The van der Waals surface area contributed by atoms with Crippen molar-refractivity contribution in [1.29, 1.82) is 0 Å². The molecule has 0 aromatic rings. The third-order valence-corrected chi connectivity index (χ3v) is 5.06. The van der Waals surface area contributed by atoms with Gasteiger partial charge in [-0.2, -0.15) is 0 Å². The van der Waals surface area contributed by atoms with Gasteiger partial charge in [0.2, 0.25) is 0 Å². The molecule has 1 aliphatic rings. The van der Waals surface area contributed by atoms with E-state index in [9.17, 15) is 22.0 Å². The normalized spacial score (nSPS) is 29.8. The van der Waals surface area contributed by atoms with Crippen LogP contribution in [-0.4, -0.2) is 38.9 Å². The number of sulfone groups is 1. The molecule has 1 aliphatic heterocycles. The fraction of sp³-hybridized carbons (Fsp3) is 0.917. The molecule has 0 aromatic heterocycles. The van der Waals surface area contributed by atoms with Crippen molar-refractivity contribution in [3.8, 4) is 0 Å². The molecule has 0 radical (unpaired) electrons. The molecule has 1 rings (SSSR count). The third kappa shape index (κ3) is 3.24. The second-order valence-electron chi connectivity index (χ2n) is 6.36. The highest BCUT2D eigenvalue weighted by Gasteiger charge is 2.65. The summed E-state index contributed by atoms with van der Waals surface area (Å²) < 4.78 is 56.5. The third-order valence-electron chi connectivity index (χ3n) is 3.30. The zero-order valence-electron chi connectivity index (χ0n) is 11.6. The predicted octanol–water partition coefficient (Wildman–Crippen LogP) is 2.04. The summed E-state index contributed by atoms with van der Waals surface area (Å²) in [5.74, 6) is -5.96. The van der Waals surface area contributed by atoms with Gasteiger partial charge in [0.05, 0.1) is 18.6 Å². The van der Waals surface area contributed by atoms with E-state index in [2.05, 4.69) is 4.74 Å². The number of rotatable bonds is 2. The number of halogens is 2. The van der Waals surface area contributed by atoms with Crippen LogP contribution in [0.2, 0.25) is 0 Å². The van der Waals surface area contributed by atoms with Crippen LogP contribution in [0, 0.1) is 10.8 Å². The molecule has 1 unspecified atom stereocenters. The molecule has 1 heterocycles. The summed E-state index contributed by atoms with van der Waals surface area (Å²) in [5.41, 5.74) is -2.90. The molecule has 0 bridgehead atoms. The minimum absolute atomic E-state index is 0.237. The van der Waals surface area contributed by atoms with Gasteiger partial charge in [-0.3, -0.25) is 4.79 Å². The van der Waals surface area contributed by atoms with Gasteiger partial charge in [0, 0.05) is 6.42 Å². The molecule has 0 N–H and O–H groups in total. The number of hydrogen-bond donors (Lipinski definition) is 0. The van der Waals surface area contributed by atoms with E-state index in [0.717, 1.165) is 7.11 Å². The lowest BCUT2D eigenvalue weighted by molar-refractivity contribution is -0.186. The van der Waals surface area contributed by atoms with Crippen LogP contribution < -0.4 is 0 Å². The Kier molecular flexibility index (Phi) is 4.02. The standard InChI is InChI=1S/C12H20F2O4S/c1-10(2,3)7-11(9(15)18-4)8-19(16,17)6-5-12(11,13)14/h5-8H2,1-4H3. The second-order valence-corrected chi connectivity index (χ2v) is 8.54. The molecule has 0 saturated carbocycles. The number of ether oxygens (including phenoxy) is 1. The summed E-state index contributed by atoms with van der Waals surface area (Å²) in [6.45, 7) is 5.07. The van der Waals surface area contributed by atoms with Crippen LogP contribution >= 0.6 is 0 Å². The van der Waals surface area contributed by atoms with E-state index >= 15 is 0 Å². The lowest BCUT2D eigenvalue weighted by atomic mass is 9.70. The fourth-order valence-corrected chi connectivity index (χ4v) is 4.53. The maximum Gasteiger partial charge on any atom is 0.319 e. The van der Waals surface area contributed by atoms with E-state index < -0.39 is 50.5 Å². The van der Waals surface area contributed by atoms with Crippen molar-refractivity contribution in [2.45, 2.75) is 39.5 Å². The van der Waals surface area contributed by atoms with Crippen LogP contribution in [0.5, 0.6) is 0 Å². The topological polar surface area (TPSA) is 60.4 Å². The lowest BCUT2D eigenvalue weighted by Crippen LogP contribution is -2.58. The van der Waals surface area contributed by atoms with Crippen molar-refractivity contribution < 1.29 is 26.7 Å². The average molecular weight is 298 g/mol. The van der Waals surface area contributed by atoms with Gasteiger partial charge in [-0.15, -0.1) is 0 Å². The smallest absolute Gasteiger partial charge is 0.319 e. The Morgan fingerprint density at radius 3 is 2.26 bits per heavy atom. The van der Waals surface area contributed by atoms with Crippen molar-refractivity contribution in [2.24, 2.45) is 10.8 Å². The number of carbonyl (C=O) groups excluding carboxylic acids is 1. The summed E-state index contributed by atoms with van der Waals surface area (Å²) in [4.78, 5) is 11.9. The predicted molar refractivity (Wildman–Crippen MR) is 66.7 cm³/mol. The Morgan fingerprint density at radius 2 is 1.84 bits per heavy atom. The zero-order chi connectivity index (χ0) is 15.1. The van der Waals surface area contributed by atoms with Crippen molar-refractivity contribution in [3.05, 3.63) is 0 Å². The highest BCUT2D eigenvalue weighted by Crippen LogP contribution is 2.51. The van der Waals surface area contributed by atoms with Gasteiger partial charge in [0.15, 0.2) is 9.84 Å². The van der Waals surface area contributed by atoms with E-state index in [0.29, 0.717) is 0 Å². The first kappa shape index (κ1) is 16.3. The molecule has 19 heavy (non-hydrogen) atoms. The van der Waals surface area contributed by atoms with E-state index in [-0.39, 0.29) is 6.42 Å². The number of esters is 1. The molecule has 1 atom stereocenters. The first-order valence-electron chi connectivity index (χ1n) is 6.02. The van der Waals surface area contributed by atoms with Crippen molar-refractivity contribution in [3.63, 3.8) is 0 Å². The number of hydrogen-bond acceptors (Lipinski definition) is 4. The Labute approximate surface area is 112 Å². The summed E-state index contributed by atoms with van der Waals surface area (Å²) in [6, 6.07) is 0. The van der Waals surface area contributed by atoms with Crippen LogP contribution in [0.4, 0.5) is 8.78 Å². The quantitative estimate of drug-likeness (QED) is 0.732. The van der Waals surface area contributed by atoms with Gasteiger partial charge >= 0.3 is 5.97 Å². The molecule has 4 nitrogen and oxygen atoms in total. The molecule has 1 saturated heterocycles. The SMILES string of the molecule is COC(=O)C1(CC(C)(C)C)CS(=O)(=O)CCC1(F)F. The highest BCUT2D eigenvalue weighted by atomic mass is 32.2. The van der Waals surface area contributed by atoms with Crippen molar-refractivity contribution in [2.75, 3.05) is 18.6 Å². The first-order valence-corrected chi connectivity index (χ1v) is 7.84. The Bertz CT molecular complexity index is 465. The summed E-state index contributed by atoms with van der Waals surface area (Å²) in [5, 5.41) is 0. The van der Waals surface area contributed by atoms with Crippen LogP contribution in [0.15, 0.2) is 0 Å². The minimum Gasteiger partial charge on any atom is -0.468 e. The summed E-state index contributed by atoms with van der Waals surface area (Å²) >= 11 is 0. The van der Waals surface area contributed by atoms with Crippen LogP contribution in [-0.2, 0) is 19.4 Å². The fourth-order valence-electron chi connectivity index (χ4n) is 2.64.